The second-order valence-electron chi connectivity index (χ2n) is 4.96. The molecule has 1 unspecified atom stereocenters. The molecule has 1 atom stereocenters. The molecule has 0 radical (unpaired) electrons. The standard InChI is InChI=1S/C13H15FN2O3/c1-8-4-9(6-10(14)5-8)11(17)16-3-2-13(15,7-16)12(18)19/h4-6H,2-3,7,15H2,1H3,(H,18,19). The topological polar surface area (TPSA) is 83.6 Å². The van der Waals surface area contributed by atoms with E-state index in [0.717, 1.165) is 6.07 Å². The third-order valence-corrected chi connectivity index (χ3v) is 3.30. The molecule has 3 N–H and O–H groups in total. The predicted molar refractivity (Wildman–Crippen MR) is 66.2 cm³/mol. The first-order valence-corrected chi connectivity index (χ1v) is 5.90. The summed E-state index contributed by atoms with van der Waals surface area (Å²) in [6.45, 7) is 1.89. The average Bonchev–Trinajstić information content (AvgIpc) is 2.71. The number of hydrogen-bond acceptors (Lipinski definition) is 3. The van der Waals surface area contributed by atoms with Crippen LogP contribution in [-0.4, -0.2) is 40.5 Å². The molecule has 1 amide bonds. The summed E-state index contributed by atoms with van der Waals surface area (Å²) in [7, 11) is 0. The minimum absolute atomic E-state index is 0.0588. The molecular formula is C13H15FN2O3. The lowest BCUT2D eigenvalue weighted by Crippen LogP contribution is -2.50. The Balaban J connectivity index is 2.20. The van der Waals surface area contributed by atoms with E-state index in [1.807, 2.05) is 0 Å². The molecule has 1 fully saturated rings. The molecule has 0 aliphatic carbocycles. The van der Waals surface area contributed by atoms with Crippen molar-refractivity contribution in [3.05, 3.63) is 35.1 Å². The second-order valence-corrected chi connectivity index (χ2v) is 4.96. The summed E-state index contributed by atoms with van der Waals surface area (Å²) in [5, 5.41) is 9.01. The van der Waals surface area contributed by atoms with Gasteiger partial charge in [-0.1, -0.05) is 0 Å². The van der Waals surface area contributed by atoms with E-state index in [4.69, 9.17) is 10.8 Å². The van der Waals surface area contributed by atoms with Gasteiger partial charge < -0.3 is 15.7 Å². The van der Waals surface area contributed by atoms with E-state index in [9.17, 15) is 14.0 Å². The number of carbonyl (C=O) groups excluding carboxylic acids is 1. The fourth-order valence-corrected chi connectivity index (χ4v) is 2.22. The molecule has 6 heteroatoms. The molecule has 102 valence electrons. The van der Waals surface area contributed by atoms with E-state index in [1.165, 1.54) is 11.0 Å². The van der Waals surface area contributed by atoms with Crippen LogP contribution in [0.1, 0.15) is 22.3 Å². The smallest absolute Gasteiger partial charge is 0.325 e. The van der Waals surface area contributed by atoms with Crippen molar-refractivity contribution in [1.82, 2.24) is 4.90 Å². The molecule has 1 heterocycles. The number of hydrogen-bond donors (Lipinski definition) is 2. The maximum Gasteiger partial charge on any atom is 0.325 e. The Labute approximate surface area is 109 Å². The first-order valence-electron chi connectivity index (χ1n) is 5.90. The Morgan fingerprint density at radius 3 is 2.63 bits per heavy atom. The lowest BCUT2D eigenvalue weighted by atomic mass is 10.0. The van der Waals surface area contributed by atoms with E-state index in [2.05, 4.69) is 0 Å². The van der Waals surface area contributed by atoms with Crippen LogP contribution < -0.4 is 5.73 Å². The number of nitrogens with zero attached hydrogens (tertiary/aromatic N) is 1. The third kappa shape index (κ3) is 2.58. The third-order valence-electron chi connectivity index (χ3n) is 3.30. The number of carboxylic acid groups (broad SMARTS) is 1. The van der Waals surface area contributed by atoms with Gasteiger partial charge in [0.25, 0.3) is 5.91 Å². The quantitative estimate of drug-likeness (QED) is 0.828. The van der Waals surface area contributed by atoms with E-state index >= 15 is 0 Å². The van der Waals surface area contributed by atoms with Crippen LogP contribution in [0.2, 0.25) is 0 Å². The highest BCUT2D eigenvalue weighted by atomic mass is 19.1. The highest BCUT2D eigenvalue weighted by Crippen LogP contribution is 2.21. The summed E-state index contributed by atoms with van der Waals surface area (Å²) in [6, 6.07) is 4.04. The molecule has 1 saturated heterocycles. The number of rotatable bonds is 2. The van der Waals surface area contributed by atoms with Crippen molar-refractivity contribution in [3.63, 3.8) is 0 Å². The Hall–Kier alpha value is -1.95. The molecule has 1 aromatic rings. The van der Waals surface area contributed by atoms with Crippen molar-refractivity contribution in [2.24, 2.45) is 5.73 Å². The van der Waals surface area contributed by atoms with Gasteiger partial charge in [-0.15, -0.1) is 0 Å². The number of carboxylic acids is 1. The molecule has 0 saturated carbocycles. The molecule has 0 spiro atoms. The number of nitrogens with two attached hydrogens (primary N) is 1. The summed E-state index contributed by atoms with van der Waals surface area (Å²) in [4.78, 5) is 24.5. The van der Waals surface area contributed by atoms with Crippen LogP contribution in [0, 0.1) is 12.7 Å². The van der Waals surface area contributed by atoms with Gasteiger partial charge in [-0.25, -0.2) is 4.39 Å². The van der Waals surface area contributed by atoms with Crippen molar-refractivity contribution in [2.75, 3.05) is 13.1 Å². The van der Waals surface area contributed by atoms with Gasteiger partial charge in [0.15, 0.2) is 0 Å². The molecule has 1 aliphatic heterocycles. The van der Waals surface area contributed by atoms with Crippen molar-refractivity contribution in [3.8, 4) is 0 Å². The fraction of sp³-hybridized carbons (Fsp3) is 0.385. The summed E-state index contributed by atoms with van der Waals surface area (Å²) in [5.74, 6) is -2.01. The Kier molecular flexibility index (Phi) is 3.28. The van der Waals surface area contributed by atoms with Gasteiger partial charge >= 0.3 is 5.97 Å². The second kappa shape index (κ2) is 4.62. The van der Waals surface area contributed by atoms with E-state index in [0.29, 0.717) is 5.56 Å². The number of likely N-dealkylation sites (tertiary alicyclic amines) is 1. The van der Waals surface area contributed by atoms with Gasteiger partial charge in [-0.05, 0) is 37.1 Å². The van der Waals surface area contributed by atoms with E-state index in [-0.39, 0.29) is 25.1 Å². The summed E-state index contributed by atoms with van der Waals surface area (Å²) in [6.07, 6.45) is 0.197. The number of aliphatic carboxylic acids is 1. The molecule has 2 rings (SSSR count). The Morgan fingerprint density at radius 2 is 2.11 bits per heavy atom. The Bertz CT molecular complexity index is 526. The van der Waals surface area contributed by atoms with Crippen LogP contribution in [0.4, 0.5) is 4.39 Å². The van der Waals surface area contributed by atoms with Crippen molar-refractivity contribution < 1.29 is 19.1 Å². The van der Waals surface area contributed by atoms with Crippen LogP contribution >= 0.6 is 0 Å². The van der Waals surface area contributed by atoms with E-state index in [1.54, 1.807) is 13.0 Å². The molecule has 19 heavy (non-hydrogen) atoms. The van der Waals surface area contributed by atoms with Crippen molar-refractivity contribution >= 4 is 11.9 Å². The van der Waals surface area contributed by atoms with Crippen LogP contribution in [0.25, 0.3) is 0 Å². The summed E-state index contributed by atoms with van der Waals surface area (Å²) < 4.78 is 13.3. The van der Waals surface area contributed by atoms with Crippen molar-refractivity contribution in [1.29, 1.82) is 0 Å². The highest BCUT2D eigenvalue weighted by molar-refractivity contribution is 5.95. The SMILES string of the molecule is Cc1cc(F)cc(C(=O)N2CCC(N)(C(=O)O)C2)c1. The lowest BCUT2D eigenvalue weighted by molar-refractivity contribution is -0.142. The van der Waals surface area contributed by atoms with Crippen LogP contribution in [0.15, 0.2) is 18.2 Å². The van der Waals surface area contributed by atoms with Gasteiger partial charge in [0, 0.05) is 18.7 Å². The molecule has 0 aromatic heterocycles. The van der Waals surface area contributed by atoms with E-state index < -0.39 is 23.2 Å². The Morgan fingerprint density at radius 1 is 1.42 bits per heavy atom. The number of benzene rings is 1. The molecular weight excluding hydrogens is 251 g/mol. The number of aryl methyl sites for hydroxylation is 1. The minimum atomic E-state index is -1.40. The van der Waals surface area contributed by atoms with Gasteiger partial charge in [0.1, 0.15) is 11.4 Å². The monoisotopic (exact) mass is 266 g/mol. The predicted octanol–water partition coefficient (Wildman–Crippen LogP) is 0.762. The summed E-state index contributed by atoms with van der Waals surface area (Å²) in [5.41, 5.74) is 5.15. The van der Waals surface area contributed by atoms with Crippen LogP contribution in [0.3, 0.4) is 0 Å². The maximum atomic E-state index is 13.3. The number of amides is 1. The first kappa shape index (κ1) is 13.5. The highest BCUT2D eigenvalue weighted by Gasteiger charge is 2.43. The molecule has 1 aliphatic rings. The molecule has 0 bridgehead atoms. The fourth-order valence-electron chi connectivity index (χ4n) is 2.22. The number of halogens is 1. The average molecular weight is 266 g/mol. The van der Waals surface area contributed by atoms with Gasteiger partial charge in [-0.3, -0.25) is 9.59 Å². The van der Waals surface area contributed by atoms with Crippen LogP contribution in [0.5, 0.6) is 0 Å². The lowest BCUT2D eigenvalue weighted by Gasteiger charge is -2.20. The van der Waals surface area contributed by atoms with Gasteiger partial charge in [0.05, 0.1) is 0 Å². The zero-order valence-electron chi connectivity index (χ0n) is 10.5. The molecule has 1 aromatic carbocycles. The van der Waals surface area contributed by atoms with Crippen molar-refractivity contribution in [2.45, 2.75) is 18.9 Å². The first-order chi connectivity index (χ1) is 8.82. The minimum Gasteiger partial charge on any atom is -0.480 e. The van der Waals surface area contributed by atoms with Crippen LogP contribution in [-0.2, 0) is 4.79 Å². The summed E-state index contributed by atoms with van der Waals surface area (Å²) >= 11 is 0. The number of carbonyl (C=O) groups is 2. The van der Waals surface area contributed by atoms with Gasteiger partial charge in [-0.2, -0.15) is 0 Å². The zero-order valence-corrected chi connectivity index (χ0v) is 10.5. The largest absolute Gasteiger partial charge is 0.480 e. The van der Waals surface area contributed by atoms with Gasteiger partial charge in [0.2, 0.25) is 0 Å². The zero-order chi connectivity index (χ0) is 14.2. The maximum absolute atomic E-state index is 13.3. The molecule has 5 nitrogen and oxygen atoms in total. The normalized spacial score (nSPS) is 22.6.